The minimum atomic E-state index is -3.87. The predicted octanol–water partition coefficient (Wildman–Crippen LogP) is 3.53. The molecule has 144 valence electrons. The van der Waals surface area contributed by atoms with E-state index in [-0.39, 0.29) is 40.7 Å². The Morgan fingerprint density at radius 3 is 2.50 bits per heavy atom. The lowest BCUT2D eigenvalue weighted by molar-refractivity contribution is -0.107. The fourth-order valence-corrected chi connectivity index (χ4v) is 3.61. The van der Waals surface area contributed by atoms with Crippen LogP contribution in [-0.4, -0.2) is 31.5 Å². The maximum Gasteiger partial charge on any atom is 0.240 e. The van der Waals surface area contributed by atoms with Crippen molar-refractivity contribution in [2.45, 2.75) is 11.3 Å². The molecule has 0 heterocycles. The van der Waals surface area contributed by atoms with Crippen molar-refractivity contribution >= 4 is 38.5 Å². The lowest BCUT2D eigenvalue weighted by Crippen LogP contribution is -2.24. The summed E-state index contributed by atoms with van der Waals surface area (Å²) in [6.07, 6.45) is 0.653. The highest BCUT2D eigenvalue weighted by molar-refractivity contribution is 7.89. The third-order valence-electron chi connectivity index (χ3n) is 3.95. The highest BCUT2D eigenvalue weighted by Crippen LogP contribution is 2.37. The van der Waals surface area contributed by atoms with Crippen molar-refractivity contribution in [1.82, 2.24) is 4.72 Å². The molecule has 3 N–H and O–H groups in total. The van der Waals surface area contributed by atoms with Crippen LogP contribution in [0.1, 0.15) is 6.42 Å². The van der Waals surface area contributed by atoms with E-state index in [1.54, 1.807) is 18.2 Å². The van der Waals surface area contributed by atoms with Crippen LogP contribution in [-0.2, 0) is 14.8 Å². The third kappa shape index (κ3) is 4.16. The van der Waals surface area contributed by atoms with Crippen LogP contribution in [0.25, 0.3) is 10.8 Å². The average molecular weight is 399 g/mol. The van der Waals surface area contributed by atoms with Crippen molar-refractivity contribution in [2.24, 2.45) is 10.2 Å². The minimum Gasteiger partial charge on any atom is -0.506 e. The molecular weight excluding hydrogens is 382 g/mol. The van der Waals surface area contributed by atoms with Crippen LogP contribution < -0.4 is 4.72 Å². The van der Waals surface area contributed by atoms with Crippen molar-refractivity contribution < 1.29 is 23.4 Å². The molecule has 0 radical (unpaired) electrons. The van der Waals surface area contributed by atoms with Crippen molar-refractivity contribution in [3.63, 3.8) is 0 Å². The Hall–Kier alpha value is -3.30. The van der Waals surface area contributed by atoms with Crippen LogP contribution in [0.4, 0.5) is 11.4 Å². The van der Waals surface area contributed by atoms with E-state index in [1.165, 1.54) is 18.2 Å². The van der Waals surface area contributed by atoms with E-state index in [0.717, 1.165) is 11.5 Å². The van der Waals surface area contributed by atoms with Gasteiger partial charge < -0.3 is 15.0 Å². The molecule has 3 aromatic carbocycles. The summed E-state index contributed by atoms with van der Waals surface area (Å²) in [5.74, 6) is -0.364. The van der Waals surface area contributed by atoms with Crippen molar-refractivity contribution in [2.75, 3.05) is 6.54 Å². The molecule has 0 aromatic heterocycles. The molecule has 0 amide bonds. The molecule has 0 bridgehead atoms. The Bertz CT molecular complexity index is 1160. The van der Waals surface area contributed by atoms with Crippen LogP contribution >= 0.6 is 0 Å². The maximum absolute atomic E-state index is 12.3. The smallest absolute Gasteiger partial charge is 0.240 e. The molecule has 0 saturated heterocycles. The molecular formula is C19H17N3O5S. The normalized spacial score (nSPS) is 11.9. The topological polar surface area (TPSA) is 128 Å². The van der Waals surface area contributed by atoms with E-state index < -0.39 is 10.0 Å². The van der Waals surface area contributed by atoms with Crippen molar-refractivity contribution in [3.8, 4) is 11.5 Å². The number of carbonyl (C=O) groups excluding carboxylic acids is 1. The van der Waals surface area contributed by atoms with E-state index >= 15 is 0 Å². The van der Waals surface area contributed by atoms with Gasteiger partial charge in [0.2, 0.25) is 10.0 Å². The lowest BCUT2D eigenvalue weighted by atomic mass is 10.1. The number of aromatic hydroxyl groups is 2. The molecule has 0 unspecified atom stereocenters. The van der Waals surface area contributed by atoms with E-state index in [2.05, 4.69) is 15.0 Å². The van der Waals surface area contributed by atoms with Gasteiger partial charge >= 0.3 is 0 Å². The number of nitrogens with one attached hydrogen (secondary N) is 1. The molecule has 0 fully saturated rings. The minimum absolute atomic E-state index is 0.0343. The lowest BCUT2D eigenvalue weighted by Gasteiger charge is -2.07. The van der Waals surface area contributed by atoms with E-state index in [4.69, 9.17) is 0 Å². The molecule has 0 atom stereocenters. The van der Waals surface area contributed by atoms with Gasteiger partial charge in [0.25, 0.3) is 0 Å². The fourth-order valence-electron chi connectivity index (χ4n) is 2.54. The summed E-state index contributed by atoms with van der Waals surface area (Å²) in [7, 11) is -3.87. The van der Waals surface area contributed by atoms with E-state index in [1.807, 2.05) is 12.1 Å². The van der Waals surface area contributed by atoms with E-state index in [9.17, 15) is 23.4 Å². The van der Waals surface area contributed by atoms with Gasteiger partial charge in [-0.1, -0.05) is 30.3 Å². The van der Waals surface area contributed by atoms with Gasteiger partial charge in [-0.3, -0.25) is 0 Å². The quantitative estimate of drug-likeness (QED) is 0.318. The predicted molar refractivity (Wildman–Crippen MR) is 104 cm³/mol. The van der Waals surface area contributed by atoms with Crippen LogP contribution in [0.5, 0.6) is 11.5 Å². The summed E-state index contributed by atoms with van der Waals surface area (Å²) in [5, 5.41) is 29.5. The highest BCUT2D eigenvalue weighted by Gasteiger charge is 2.16. The number of nitrogens with zero attached hydrogens (tertiary/aromatic N) is 2. The zero-order valence-electron chi connectivity index (χ0n) is 14.6. The van der Waals surface area contributed by atoms with Crippen molar-refractivity contribution in [1.29, 1.82) is 0 Å². The van der Waals surface area contributed by atoms with Crippen LogP contribution in [0.2, 0.25) is 0 Å². The number of hydrogen-bond donors (Lipinski definition) is 3. The summed E-state index contributed by atoms with van der Waals surface area (Å²) in [4.78, 5) is 10.2. The number of hydrogen-bond acceptors (Lipinski definition) is 7. The van der Waals surface area contributed by atoms with Gasteiger partial charge in [-0.25, -0.2) is 13.1 Å². The first-order chi connectivity index (χ1) is 13.4. The molecule has 28 heavy (non-hydrogen) atoms. The number of phenolic OH excluding ortho intramolecular Hbond substituents is 2. The summed E-state index contributed by atoms with van der Waals surface area (Å²) in [6.45, 7) is -0.0343. The Kier molecular flexibility index (Phi) is 5.67. The second-order valence-electron chi connectivity index (χ2n) is 5.86. The number of phenols is 2. The largest absolute Gasteiger partial charge is 0.506 e. The first kappa shape index (κ1) is 19.5. The average Bonchev–Trinajstić information content (AvgIpc) is 2.68. The van der Waals surface area contributed by atoms with Crippen LogP contribution in [0, 0.1) is 0 Å². The molecule has 9 heteroatoms. The number of carbonyl (C=O) groups is 1. The molecule has 3 rings (SSSR count). The van der Waals surface area contributed by atoms with Crippen LogP contribution in [0.15, 0.2) is 69.7 Å². The number of aldehydes is 1. The Morgan fingerprint density at radius 2 is 1.71 bits per heavy atom. The molecule has 0 spiro atoms. The number of sulfonamides is 1. The summed E-state index contributed by atoms with van der Waals surface area (Å²) < 4.78 is 26.8. The summed E-state index contributed by atoms with van der Waals surface area (Å²) in [6, 6.07) is 14.0. The number of rotatable bonds is 7. The van der Waals surface area contributed by atoms with Crippen molar-refractivity contribution in [3.05, 3.63) is 54.6 Å². The van der Waals surface area contributed by atoms with Gasteiger partial charge in [0.15, 0.2) is 0 Å². The van der Waals surface area contributed by atoms with Gasteiger partial charge in [0, 0.05) is 18.4 Å². The molecule has 0 aliphatic heterocycles. The Balaban J connectivity index is 1.97. The maximum atomic E-state index is 12.3. The van der Waals surface area contributed by atoms with Gasteiger partial charge in [-0.05, 0) is 29.7 Å². The van der Waals surface area contributed by atoms with Gasteiger partial charge in [-0.15, -0.1) is 10.2 Å². The third-order valence-corrected chi connectivity index (χ3v) is 5.41. The fraction of sp³-hybridized carbons (Fsp3) is 0.105. The van der Waals surface area contributed by atoms with Crippen LogP contribution in [0.3, 0.4) is 0 Å². The van der Waals surface area contributed by atoms with Gasteiger partial charge in [-0.2, -0.15) is 0 Å². The zero-order chi connectivity index (χ0) is 20.1. The number of fused-ring (bicyclic) bond motifs is 1. The number of azo groups is 1. The molecule has 3 aromatic rings. The summed E-state index contributed by atoms with van der Waals surface area (Å²) in [5.41, 5.74) is 0.125. The zero-order valence-corrected chi connectivity index (χ0v) is 15.4. The van der Waals surface area contributed by atoms with Gasteiger partial charge in [0.1, 0.15) is 29.2 Å². The Morgan fingerprint density at radius 1 is 0.964 bits per heavy atom. The first-order valence-electron chi connectivity index (χ1n) is 8.31. The Labute approximate surface area is 161 Å². The molecule has 0 aliphatic rings. The second kappa shape index (κ2) is 8.15. The highest BCUT2D eigenvalue weighted by atomic mass is 32.2. The SMILES string of the molecule is O=CCCNS(=O)(=O)c1ccc(O)c(N=Nc2c(O)ccc3ccccc23)c1. The van der Waals surface area contributed by atoms with Gasteiger partial charge in [0.05, 0.1) is 4.90 Å². The second-order valence-corrected chi connectivity index (χ2v) is 7.63. The summed E-state index contributed by atoms with van der Waals surface area (Å²) >= 11 is 0. The van der Waals surface area contributed by atoms with E-state index in [0.29, 0.717) is 11.7 Å². The molecule has 8 nitrogen and oxygen atoms in total. The first-order valence-corrected chi connectivity index (χ1v) is 9.79. The number of benzene rings is 3. The standard InChI is InChI=1S/C19H17N3O5S/c23-11-3-10-20-28(26,27)14-7-9-17(24)16(12-14)21-22-19-15-5-2-1-4-13(15)6-8-18(19)25/h1-2,4-9,11-12,20,24-25H,3,10H2. The molecule has 0 aliphatic carbocycles. The monoisotopic (exact) mass is 399 g/mol. The molecule has 0 saturated carbocycles.